The van der Waals surface area contributed by atoms with Crippen LogP contribution in [-0.4, -0.2) is 18.3 Å². The second-order valence-electron chi connectivity index (χ2n) is 3.63. The van der Waals surface area contributed by atoms with Gasteiger partial charge in [-0.2, -0.15) is 0 Å². The minimum absolute atomic E-state index is 0.399. The van der Waals surface area contributed by atoms with E-state index in [9.17, 15) is 9.50 Å². The number of rotatable bonds is 3. The van der Waals surface area contributed by atoms with Crippen LogP contribution in [0.3, 0.4) is 0 Å². The average molecular weight is 213 g/mol. The Labute approximate surface area is 88.7 Å². The first-order valence-electron chi connectivity index (χ1n) is 4.75. The summed E-state index contributed by atoms with van der Waals surface area (Å²) in [4.78, 5) is 0. The van der Waals surface area contributed by atoms with E-state index in [2.05, 4.69) is 0 Å². The Morgan fingerprint density at radius 1 is 1.47 bits per heavy atom. The molecule has 0 bridgehead atoms. The summed E-state index contributed by atoms with van der Waals surface area (Å²) in [5, 5.41) is 9.69. The molecule has 0 aliphatic heterocycles. The lowest BCUT2D eigenvalue weighted by molar-refractivity contribution is 0.152. The highest BCUT2D eigenvalue weighted by Crippen LogP contribution is 2.26. The van der Waals surface area contributed by atoms with E-state index in [-0.39, 0.29) is 0 Å². The SMILES string of the molecule is COc1cc(C(O)C(C)N)cc(F)c1C. The molecule has 0 amide bonds. The first-order chi connectivity index (χ1) is 6.97. The molecular weight excluding hydrogens is 197 g/mol. The highest BCUT2D eigenvalue weighted by molar-refractivity contribution is 5.38. The van der Waals surface area contributed by atoms with Gasteiger partial charge in [0.1, 0.15) is 11.6 Å². The zero-order valence-electron chi connectivity index (χ0n) is 9.12. The molecule has 0 saturated heterocycles. The predicted octanol–water partition coefficient (Wildman–Crippen LogP) is 1.52. The van der Waals surface area contributed by atoms with E-state index in [1.165, 1.54) is 13.2 Å². The molecule has 3 nitrogen and oxygen atoms in total. The van der Waals surface area contributed by atoms with Crippen LogP contribution in [0.4, 0.5) is 4.39 Å². The van der Waals surface area contributed by atoms with Gasteiger partial charge < -0.3 is 15.6 Å². The molecule has 0 aromatic heterocycles. The second-order valence-corrected chi connectivity index (χ2v) is 3.63. The lowest BCUT2D eigenvalue weighted by atomic mass is 10.0. The molecular formula is C11H16FNO2. The zero-order chi connectivity index (χ0) is 11.6. The van der Waals surface area contributed by atoms with E-state index < -0.39 is 18.0 Å². The summed E-state index contributed by atoms with van der Waals surface area (Å²) >= 11 is 0. The number of aliphatic hydroxyl groups excluding tert-OH is 1. The molecule has 2 unspecified atom stereocenters. The maximum absolute atomic E-state index is 13.4. The van der Waals surface area contributed by atoms with Crippen molar-refractivity contribution in [1.82, 2.24) is 0 Å². The summed E-state index contributed by atoms with van der Waals surface area (Å²) in [6.45, 7) is 3.28. The van der Waals surface area contributed by atoms with Crippen LogP contribution < -0.4 is 10.5 Å². The van der Waals surface area contributed by atoms with Gasteiger partial charge in [-0.1, -0.05) is 0 Å². The number of halogens is 1. The van der Waals surface area contributed by atoms with Gasteiger partial charge in [0.15, 0.2) is 0 Å². The summed E-state index contributed by atoms with van der Waals surface area (Å²) in [6, 6.07) is 2.44. The van der Waals surface area contributed by atoms with Gasteiger partial charge in [0.25, 0.3) is 0 Å². The Bertz CT molecular complexity index is 353. The first kappa shape index (κ1) is 11.9. The minimum atomic E-state index is -0.881. The van der Waals surface area contributed by atoms with E-state index in [1.807, 2.05) is 0 Å². The van der Waals surface area contributed by atoms with Crippen molar-refractivity contribution in [2.75, 3.05) is 7.11 Å². The third kappa shape index (κ3) is 2.46. The van der Waals surface area contributed by atoms with Crippen LogP contribution in [0.15, 0.2) is 12.1 Å². The molecule has 0 aliphatic rings. The molecule has 2 atom stereocenters. The maximum Gasteiger partial charge on any atom is 0.130 e. The molecule has 15 heavy (non-hydrogen) atoms. The zero-order valence-corrected chi connectivity index (χ0v) is 9.12. The highest BCUT2D eigenvalue weighted by Gasteiger charge is 2.16. The predicted molar refractivity (Wildman–Crippen MR) is 56.3 cm³/mol. The van der Waals surface area contributed by atoms with Crippen molar-refractivity contribution in [1.29, 1.82) is 0 Å². The number of aliphatic hydroxyl groups is 1. The number of ether oxygens (including phenoxy) is 1. The lowest BCUT2D eigenvalue weighted by Crippen LogP contribution is -2.24. The molecule has 1 aromatic carbocycles. The van der Waals surface area contributed by atoms with Gasteiger partial charge >= 0.3 is 0 Å². The molecule has 1 aromatic rings. The fraction of sp³-hybridized carbons (Fsp3) is 0.455. The monoisotopic (exact) mass is 213 g/mol. The van der Waals surface area contributed by atoms with Crippen molar-refractivity contribution in [2.45, 2.75) is 26.0 Å². The Balaban J connectivity index is 3.16. The van der Waals surface area contributed by atoms with Crippen molar-refractivity contribution >= 4 is 0 Å². The number of methoxy groups -OCH3 is 1. The average Bonchev–Trinajstić information content (AvgIpc) is 2.20. The summed E-state index contributed by atoms with van der Waals surface area (Å²) in [5.41, 5.74) is 6.40. The number of hydrogen-bond donors (Lipinski definition) is 2. The van der Waals surface area contributed by atoms with Crippen molar-refractivity contribution in [2.24, 2.45) is 5.73 Å². The third-order valence-corrected chi connectivity index (χ3v) is 2.38. The molecule has 0 fully saturated rings. The van der Waals surface area contributed by atoms with Crippen LogP contribution in [0.1, 0.15) is 24.2 Å². The Kier molecular flexibility index (Phi) is 3.66. The van der Waals surface area contributed by atoms with Gasteiger partial charge in [-0.25, -0.2) is 4.39 Å². The second kappa shape index (κ2) is 4.59. The van der Waals surface area contributed by atoms with E-state index >= 15 is 0 Å². The van der Waals surface area contributed by atoms with E-state index in [0.29, 0.717) is 16.9 Å². The first-order valence-corrected chi connectivity index (χ1v) is 4.75. The molecule has 0 aliphatic carbocycles. The molecule has 3 N–H and O–H groups in total. The topological polar surface area (TPSA) is 55.5 Å². The van der Waals surface area contributed by atoms with E-state index in [1.54, 1.807) is 19.9 Å². The van der Waals surface area contributed by atoms with Crippen LogP contribution in [-0.2, 0) is 0 Å². The van der Waals surface area contributed by atoms with Crippen LogP contribution in [0.5, 0.6) is 5.75 Å². The smallest absolute Gasteiger partial charge is 0.130 e. The van der Waals surface area contributed by atoms with Gasteiger partial charge in [-0.15, -0.1) is 0 Å². The standard InChI is InChI=1S/C11H16FNO2/c1-6-9(12)4-8(5-10(6)15-3)11(14)7(2)13/h4-5,7,11,14H,13H2,1-3H3. The summed E-state index contributed by atoms with van der Waals surface area (Å²) in [5.74, 6) is 0.0220. The van der Waals surface area contributed by atoms with Crippen LogP contribution in [0.25, 0.3) is 0 Å². The van der Waals surface area contributed by atoms with Crippen molar-refractivity contribution < 1.29 is 14.2 Å². The third-order valence-electron chi connectivity index (χ3n) is 2.38. The molecule has 0 saturated carbocycles. The van der Waals surface area contributed by atoms with Gasteiger partial charge in [0.2, 0.25) is 0 Å². The van der Waals surface area contributed by atoms with Gasteiger partial charge in [0.05, 0.1) is 13.2 Å². The van der Waals surface area contributed by atoms with Crippen molar-refractivity contribution in [3.8, 4) is 5.75 Å². The molecule has 0 heterocycles. The Morgan fingerprint density at radius 2 is 2.07 bits per heavy atom. The van der Waals surface area contributed by atoms with E-state index in [0.717, 1.165) is 0 Å². The minimum Gasteiger partial charge on any atom is -0.496 e. The van der Waals surface area contributed by atoms with Crippen LogP contribution >= 0.6 is 0 Å². The highest BCUT2D eigenvalue weighted by atomic mass is 19.1. The van der Waals surface area contributed by atoms with E-state index in [4.69, 9.17) is 10.5 Å². The maximum atomic E-state index is 13.4. The van der Waals surface area contributed by atoms with Crippen LogP contribution in [0.2, 0.25) is 0 Å². The molecule has 0 spiro atoms. The summed E-state index contributed by atoms with van der Waals surface area (Å²) < 4.78 is 18.4. The molecule has 84 valence electrons. The van der Waals surface area contributed by atoms with Gasteiger partial charge in [-0.3, -0.25) is 0 Å². The Hall–Kier alpha value is -1.13. The molecule has 0 radical (unpaired) electrons. The number of nitrogens with two attached hydrogens (primary N) is 1. The summed E-state index contributed by atoms with van der Waals surface area (Å²) in [7, 11) is 1.46. The number of hydrogen-bond acceptors (Lipinski definition) is 3. The fourth-order valence-electron chi connectivity index (χ4n) is 1.36. The van der Waals surface area contributed by atoms with Crippen molar-refractivity contribution in [3.63, 3.8) is 0 Å². The fourth-order valence-corrected chi connectivity index (χ4v) is 1.36. The largest absolute Gasteiger partial charge is 0.496 e. The number of benzene rings is 1. The molecule has 1 rings (SSSR count). The Morgan fingerprint density at radius 3 is 2.53 bits per heavy atom. The quantitative estimate of drug-likeness (QED) is 0.800. The van der Waals surface area contributed by atoms with Crippen LogP contribution in [0, 0.1) is 12.7 Å². The van der Waals surface area contributed by atoms with Gasteiger partial charge in [0, 0.05) is 11.6 Å². The summed E-state index contributed by atoms with van der Waals surface area (Å²) in [6.07, 6.45) is -0.881. The van der Waals surface area contributed by atoms with Gasteiger partial charge in [-0.05, 0) is 31.5 Å². The van der Waals surface area contributed by atoms with Crippen molar-refractivity contribution in [3.05, 3.63) is 29.1 Å². The normalized spacial score (nSPS) is 14.8. The molecule has 4 heteroatoms. The lowest BCUT2D eigenvalue weighted by Gasteiger charge is -2.17.